The van der Waals surface area contributed by atoms with Crippen LogP contribution >= 0.6 is 0 Å². The van der Waals surface area contributed by atoms with Crippen LogP contribution in [-0.4, -0.2) is 55.7 Å². The maximum Gasteiger partial charge on any atom is 0.319 e. The molecule has 2 amide bonds. The van der Waals surface area contributed by atoms with Gasteiger partial charge in [0.15, 0.2) is 0 Å². The molecule has 1 aromatic rings. The number of carbonyl (C=O) groups excluding carboxylic acids is 1. The molecule has 1 aliphatic heterocycles. The first-order valence-electron chi connectivity index (χ1n) is 7.51. The van der Waals surface area contributed by atoms with Gasteiger partial charge in [-0.05, 0) is 38.1 Å². The Balaban J connectivity index is 1.83. The Bertz CT molecular complexity index is 460. The minimum atomic E-state index is -0.155. The number of likely N-dealkylation sites (N-methyl/N-ethyl adjacent to an activating group) is 1. The summed E-state index contributed by atoms with van der Waals surface area (Å²) >= 11 is 0. The number of carbonyl (C=O) groups is 1. The summed E-state index contributed by atoms with van der Waals surface area (Å²) < 4.78 is 0. The van der Waals surface area contributed by atoms with Crippen molar-refractivity contribution < 1.29 is 4.79 Å². The predicted octanol–water partition coefficient (Wildman–Crippen LogP) is 1.75. The molecule has 0 aromatic carbocycles. The molecule has 0 bridgehead atoms. The first-order chi connectivity index (χ1) is 10.1. The molecule has 0 aliphatic carbocycles. The average molecular weight is 291 g/mol. The lowest BCUT2D eigenvalue weighted by atomic mass is 10.1. The van der Waals surface area contributed by atoms with Gasteiger partial charge in [-0.15, -0.1) is 0 Å². The Morgan fingerprint density at radius 1 is 1.48 bits per heavy atom. The van der Waals surface area contributed by atoms with Crippen LogP contribution in [0.1, 0.15) is 19.8 Å². The first-order valence-corrected chi connectivity index (χ1v) is 7.51. The highest BCUT2D eigenvalue weighted by molar-refractivity contribution is 5.89. The summed E-state index contributed by atoms with van der Waals surface area (Å²) in [5.41, 5.74) is 0.709. The van der Waals surface area contributed by atoms with E-state index in [0.29, 0.717) is 5.69 Å². The smallest absolute Gasteiger partial charge is 0.319 e. The summed E-state index contributed by atoms with van der Waals surface area (Å²) in [6, 6.07) is 3.82. The SMILES string of the molecule is CCN1CCCC(NC(=O)Nc2ccc(N(C)C)nc2)C1. The molecule has 0 radical (unpaired) electrons. The zero-order valence-corrected chi connectivity index (χ0v) is 13.1. The van der Waals surface area contributed by atoms with Crippen LogP contribution in [0.25, 0.3) is 0 Å². The van der Waals surface area contributed by atoms with Gasteiger partial charge in [-0.2, -0.15) is 0 Å². The number of nitrogens with zero attached hydrogens (tertiary/aromatic N) is 3. The molecule has 1 unspecified atom stereocenters. The minimum Gasteiger partial charge on any atom is -0.363 e. The van der Waals surface area contributed by atoms with Gasteiger partial charge in [-0.25, -0.2) is 9.78 Å². The quantitative estimate of drug-likeness (QED) is 0.887. The molecule has 1 saturated heterocycles. The van der Waals surface area contributed by atoms with Crippen molar-refractivity contribution in [3.63, 3.8) is 0 Å². The van der Waals surface area contributed by atoms with Crippen LogP contribution in [0.3, 0.4) is 0 Å². The van der Waals surface area contributed by atoms with Crippen LogP contribution in [-0.2, 0) is 0 Å². The van der Waals surface area contributed by atoms with Crippen molar-refractivity contribution in [2.75, 3.05) is 43.9 Å². The summed E-state index contributed by atoms with van der Waals surface area (Å²) in [5, 5.41) is 5.88. The lowest BCUT2D eigenvalue weighted by Gasteiger charge is -2.32. The number of amides is 2. The van der Waals surface area contributed by atoms with Gasteiger partial charge in [0, 0.05) is 26.7 Å². The van der Waals surface area contributed by atoms with Crippen LogP contribution in [0.15, 0.2) is 18.3 Å². The highest BCUT2D eigenvalue weighted by atomic mass is 16.2. The Kier molecular flexibility index (Phi) is 5.38. The number of hydrogen-bond donors (Lipinski definition) is 2. The Hall–Kier alpha value is -1.82. The second-order valence-electron chi connectivity index (χ2n) is 5.63. The summed E-state index contributed by atoms with van der Waals surface area (Å²) in [7, 11) is 3.87. The molecular weight excluding hydrogens is 266 g/mol. The van der Waals surface area contributed by atoms with E-state index in [-0.39, 0.29) is 12.1 Å². The third-order valence-corrected chi connectivity index (χ3v) is 3.75. The van der Waals surface area contributed by atoms with Gasteiger partial charge in [-0.3, -0.25) is 0 Å². The topological polar surface area (TPSA) is 60.5 Å². The normalized spacial score (nSPS) is 19.1. The third kappa shape index (κ3) is 4.60. The molecule has 116 valence electrons. The lowest BCUT2D eigenvalue weighted by Crippen LogP contribution is -2.48. The molecule has 1 aromatic heterocycles. The Morgan fingerprint density at radius 3 is 2.90 bits per heavy atom. The zero-order valence-electron chi connectivity index (χ0n) is 13.1. The second kappa shape index (κ2) is 7.26. The van der Waals surface area contributed by atoms with E-state index in [9.17, 15) is 4.79 Å². The molecule has 6 heteroatoms. The van der Waals surface area contributed by atoms with E-state index in [1.807, 2.05) is 31.1 Å². The summed E-state index contributed by atoms with van der Waals surface area (Å²) in [6.07, 6.45) is 3.85. The standard InChI is InChI=1S/C15H25N5O/c1-4-20-9-5-6-13(11-20)18-15(21)17-12-7-8-14(16-10-12)19(2)3/h7-8,10,13H,4-6,9,11H2,1-3H3,(H2,17,18,21). The third-order valence-electron chi connectivity index (χ3n) is 3.75. The van der Waals surface area contributed by atoms with Gasteiger partial charge >= 0.3 is 6.03 Å². The predicted molar refractivity (Wildman–Crippen MR) is 85.9 cm³/mol. The van der Waals surface area contributed by atoms with Crippen LogP contribution in [0.5, 0.6) is 0 Å². The molecule has 1 fully saturated rings. The molecule has 1 atom stereocenters. The first kappa shape index (κ1) is 15.6. The number of rotatable bonds is 4. The number of piperidine rings is 1. The van der Waals surface area contributed by atoms with Gasteiger partial charge in [-0.1, -0.05) is 6.92 Å². The molecule has 2 N–H and O–H groups in total. The molecule has 2 heterocycles. The van der Waals surface area contributed by atoms with E-state index < -0.39 is 0 Å². The van der Waals surface area contributed by atoms with Crippen LogP contribution < -0.4 is 15.5 Å². The van der Waals surface area contributed by atoms with Crippen LogP contribution in [0, 0.1) is 0 Å². The van der Waals surface area contributed by atoms with Crippen molar-refractivity contribution in [2.24, 2.45) is 0 Å². The van der Waals surface area contributed by atoms with Gasteiger partial charge in [0.05, 0.1) is 11.9 Å². The van der Waals surface area contributed by atoms with Gasteiger partial charge < -0.3 is 20.4 Å². The zero-order chi connectivity index (χ0) is 15.2. The van der Waals surface area contributed by atoms with Crippen LogP contribution in [0.2, 0.25) is 0 Å². The Morgan fingerprint density at radius 2 is 2.29 bits per heavy atom. The van der Waals surface area contributed by atoms with Crippen molar-refractivity contribution >= 4 is 17.5 Å². The van der Waals surface area contributed by atoms with E-state index in [1.165, 1.54) is 0 Å². The van der Waals surface area contributed by atoms with E-state index in [2.05, 4.69) is 27.4 Å². The number of anilines is 2. The Labute approximate surface area is 126 Å². The highest BCUT2D eigenvalue weighted by Crippen LogP contribution is 2.12. The van der Waals surface area contributed by atoms with Gasteiger partial charge in [0.25, 0.3) is 0 Å². The fourth-order valence-corrected chi connectivity index (χ4v) is 2.54. The maximum atomic E-state index is 12.0. The molecule has 6 nitrogen and oxygen atoms in total. The fourth-order valence-electron chi connectivity index (χ4n) is 2.54. The van der Waals surface area contributed by atoms with Crippen molar-refractivity contribution in [2.45, 2.75) is 25.8 Å². The molecule has 0 saturated carbocycles. The van der Waals surface area contributed by atoms with Crippen molar-refractivity contribution in [1.29, 1.82) is 0 Å². The molecular formula is C15H25N5O. The number of hydrogen-bond acceptors (Lipinski definition) is 4. The van der Waals surface area contributed by atoms with E-state index in [1.54, 1.807) is 6.20 Å². The molecule has 21 heavy (non-hydrogen) atoms. The van der Waals surface area contributed by atoms with E-state index >= 15 is 0 Å². The number of urea groups is 1. The fraction of sp³-hybridized carbons (Fsp3) is 0.600. The summed E-state index contributed by atoms with van der Waals surface area (Å²) in [6.45, 7) is 5.25. The minimum absolute atomic E-state index is 0.155. The van der Waals surface area contributed by atoms with E-state index in [4.69, 9.17) is 0 Å². The van der Waals surface area contributed by atoms with Gasteiger partial charge in [0.2, 0.25) is 0 Å². The monoisotopic (exact) mass is 291 g/mol. The van der Waals surface area contributed by atoms with Crippen molar-refractivity contribution in [1.82, 2.24) is 15.2 Å². The average Bonchev–Trinajstić information content (AvgIpc) is 2.47. The number of nitrogens with one attached hydrogen (secondary N) is 2. The second-order valence-corrected chi connectivity index (χ2v) is 5.63. The van der Waals surface area contributed by atoms with Crippen LogP contribution in [0.4, 0.5) is 16.3 Å². The molecule has 1 aliphatic rings. The number of likely N-dealkylation sites (tertiary alicyclic amines) is 1. The summed E-state index contributed by atoms with van der Waals surface area (Å²) in [4.78, 5) is 20.6. The largest absolute Gasteiger partial charge is 0.363 e. The molecule has 0 spiro atoms. The van der Waals surface area contributed by atoms with E-state index in [0.717, 1.165) is 38.3 Å². The van der Waals surface area contributed by atoms with Crippen molar-refractivity contribution in [3.05, 3.63) is 18.3 Å². The summed E-state index contributed by atoms with van der Waals surface area (Å²) in [5.74, 6) is 0.867. The number of pyridine rings is 1. The number of aromatic nitrogens is 1. The highest BCUT2D eigenvalue weighted by Gasteiger charge is 2.20. The molecule has 2 rings (SSSR count). The van der Waals surface area contributed by atoms with Crippen molar-refractivity contribution in [3.8, 4) is 0 Å². The van der Waals surface area contributed by atoms with Gasteiger partial charge in [0.1, 0.15) is 5.82 Å². The maximum absolute atomic E-state index is 12.0. The lowest BCUT2D eigenvalue weighted by molar-refractivity contribution is 0.196.